The molecule has 3 aromatic carbocycles. The summed E-state index contributed by atoms with van der Waals surface area (Å²) < 4.78 is 5.31. The number of carbonyl (C=O) groups is 1. The normalized spacial score (nSPS) is 11.5. The number of benzene rings is 3. The van der Waals surface area contributed by atoms with Crippen molar-refractivity contribution in [3.63, 3.8) is 0 Å². The molecule has 0 spiro atoms. The van der Waals surface area contributed by atoms with Crippen LogP contribution in [0.3, 0.4) is 0 Å². The topological polar surface area (TPSA) is 75.0 Å². The van der Waals surface area contributed by atoms with E-state index in [0.717, 1.165) is 50.5 Å². The number of ether oxygens (including phenoxy) is 1. The highest BCUT2D eigenvalue weighted by molar-refractivity contribution is 8.00. The summed E-state index contributed by atoms with van der Waals surface area (Å²) in [6, 6.07) is 25.9. The molecule has 0 aliphatic heterocycles. The molecular formula is C31H29N3O2S. The number of aromatic nitrogens is 1. The van der Waals surface area contributed by atoms with Crippen LogP contribution in [0.5, 0.6) is 5.75 Å². The third kappa shape index (κ3) is 5.84. The maximum Gasteiger partial charge on any atom is 0.237 e. The Morgan fingerprint density at radius 2 is 1.59 bits per heavy atom. The lowest BCUT2D eigenvalue weighted by molar-refractivity contribution is -0.115. The number of nitrogens with one attached hydrogen (secondary N) is 1. The second kappa shape index (κ2) is 11.3. The number of thioether (sulfide) groups is 1. The highest BCUT2D eigenvalue weighted by Crippen LogP contribution is 2.36. The molecule has 0 saturated carbocycles. The molecule has 4 rings (SSSR count). The fourth-order valence-electron chi connectivity index (χ4n) is 4.04. The van der Waals surface area contributed by atoms with Crippen LogP contribution in [-0.2, 0) is 4.79 Å². The van der Waals surface area contributed by atoms with Gasteiger partial charge in [0.2, 0.25) is 5.91 Å². The zero-order valence-electron chi connectivity index (χ0n) is 21.6. The van der Waals surface area contributed by atoms with Crippen molar-refractivity contribution in [3.05, 3.63) is 95.1 Å². The number of carbonyl (C=O) groups excluding carboxylic acids is 1. The van der Waals surface area contributed by atoms with Gasteiger partial charge in [-0.1, -0.05) is 71.9 Å². The zero-order valence-corrected chi connectivity index (χ0v) is 22.4. The van der Waals surface area contributed by atoms with Gasteiger partial charge in [0.05, 0.1) is 23.6 Å². The van der Waals surface area contributed by atoms with Gasteiger partial charge in [-0.3, -0.25) is 4.79 Å². The average Bonchev–Trinajstić information content (AvgIpc) is 2.90. The number of methoxy groups -OCH3 is 1. The Balaban J connectivity index is 1.75. The maximum atomic E-state index is 13.2. The van der Waals surface area contributed by atoms with E-state index in [1.807, 2.05) is 100 Å². The van der Waals surface area contributed by atoms with E-state index in [2.05, 4.69) is 11.4 Å². The van der Waals surface area contributed by atoms with E-state index in [1.165, 1.54) is 11.8 Å². The molecule has 5 nitrogen and oxygen atoms in total. The predicted molar refractivity (Wildman–Crippen MR) is 151 cm³/mol. The smallest absolute Gasteiger partial charge is 0.237 e. The summed E-state index contributed by atoms with van der Waals surface area (Å²) in [4.78, 5) is 18.0. The number of aryl methyl sites for hydroxylation is 3. The summed E-state index contributed by atoms with van der Waals surface area (Å²) in [5.74, 6) is 0.598. The van der Waals surface area contributed by atoms with Gasteiger partial charge < -0.3 is 10.1 Å². The molecule has 1 amide bonds. The van der Waals surface area contributed by atoms with Crippen LogP contribution in [0, 0.1) is 32.1 Å². The van der Waals surface area contributed by atoms with E-state index in [0.29, 0.717) is 10.6 Å². The van der Waals surface area contributed by atoms with Crippen molar-refractivity contribution in [3.8, 4) is 34.2 Å². The Morgan fingerprint density at radius 1 is 0.973 bits per heavy atom. The fraction of sp³-hybridized carbons (Fsp3) is 0.194. The molecule has 4 aromatic rings. The third-order valence-electron chi connectivity index (χ3n) is 6.23. The lowest BCUT2D eigenvalue weighted by Crippen LogP contribution is -2.23. The van der Waals surface area contributed by atoms with E-state index in [9.17, 15) is 10.1 Å². The molecule has 1 N–H and O–H groups in total. The Hall–Kier alpha value is -4.08. The lowest BCUT2D eigenvalue weighted by atomic mass is 9.99. The maximum absolute atomic E-state index is 13.2. The minimum atomic E-state index is -0.476. The van der Waals surface area contributed by atoms with Crippen molar-refractivity contribution in [2.24, 2.45) is 0 Å². The molecule has 1 atom stereocenters. The van der Waals surface area contributed by atoms with E-state index in [-0.39, 0.29) is 5.91 Å². The summed E-state index contributed by atoms with van der Waals surface area (Å²) in [7, 11) is 1.62. The van der Waals surface area contributed by atoms with E-state index >= 15 is 0 Å². The molecule has 0 saturated heterocycles. The number of hydrogen-bond acceptors (Lipinski definition) is 5. The van der Waals surface area contributed by atoms with Crippen molar-refractivity contribution in [2.75, 3.05) is 12.4 Å². The van der Waals surface area contributed by atoms with Crippen LogP contribution in [0.2, 0.25) is 0 Å². The number of nitriles is 1. The van der Waals surface area contributed by atoms with Gasteiger partial charge in [0.1, 0.15) is 16.8 Å². The van der Waals surface area contributed by atoms with Gasteiger partial charge in [-0.25, -0.2) is 4.98 Å². The van der Waals surface area contributed by atoms with Crippen LogP contribution in [0.25, 0.3) is 22.4 Å². The van der Waals surface area contributed by atoms with Crippen molar-refractivity contribution in [1.29, 1.82) is 5.26 Å². The molecule has 1 unspecified atom stereocenters. The number of amides is 1. The van der Waals surface area contributed by atoms with Gasteiger partial charge in [0.25, 0.3) is 0 Å². The molecule has 186 valence electrons. The van der Waals surface area contributed by atoms with Crippen molar-refractivity contribution >= 4 is 23.4 Å². The molecule has 1 heterocycles. The zero-order chi connectivity index (χ0) is 26.5. The number of para-hydroxylation sites is 1. The van der Waals surface area contributed by atoms with Gasteiger partial charge in [-0.15, -0.1) is 0 Å². The Morgan fingerprint density at radius 3 is 2.19 bits per heavy atom. The average molecular weight is 508 g/mol. The molecule has 0 radical (unpaired) electrons. The van der Waals surface area contributed by atoms with Gasteiger partial charge in [0.15, 0.2) is 0 Å². The molecule has 0 fully saturated rings. The number of anilines is 1. The van der Waals surface area contributed by atoms with Crippen LogP contribution in [0.4, 0.5) is 5.69 Å². The predicted octanol–water partition coefficient (Wildman–Crippen LogP) is 7.34. The molecule has 0 aliphatic rings. The fourth-order valence-corrected chi connectivity index (χ4v) is 4.97. The van der Waals surface area contributed by atoms with Crippen LogP contribution in [-0.4, -0.2) is 23.3 Å². The summed E-state index contributed by atoms with van der Waals surface area (Å²) in [5, 5.41) is 13.3. The number of hydrogen-bond donors (Lipinski definition) is 1. The second-order valence-corrected chi connectivity index (χ2v) is 10.3. The second-order valence-electron chi connectivity index (χ2n) is 8.96. The van der Waals surface area contributed by atoms with Crippen LogP contribution < -0.4 is 10.1 Å². The van der Waals surface area contributed by atoms with E-state index < -0.39 is 5.25 Å². The number of pyridine rings is 1. The standard InChI is InChI=1S/C31H29N3O2S/c1-19-9-11-24(12-10-19)28-17-26(23-13-15-25(36-5)16-14-23)27(18-32)31(33-28)37-22(4)30(35)34-29-20(2)7-6-8-21(29)3/h6-17,22H,1-5H3,(H,34,35). The van der Waals surface area contributed by atoms with Gasteiger partial charge in [0, 0.05) is 16.8 Å². The first-order valence-corrected chi connectivity index (χ1v) is 12.9. The van der Waals surface area contributed by atoms with Crippen molar-refractivity contribution < 1.29 is 9.53 Å². The first-order chi connectivity index (χ1) is 17.8. The summed E-state index contributed by atoms with van der Waals surface area (Å²) in [6.45, 7) is 7.82. The highest BCUT2D eigenvalue weighted by atomic mass is 32.2. The monoisotopic (exact) mass is 507 g/mol. The number of nitrogens with zero attached hydrogens (tertiary/aromatic N) is 2. The molecular weight excluding hydrogens is 478 g/mol. The van der Waals surface area contributed by atoms with Crippen LogP contribution >= 0.6 is 11.8 Å². The first-order valence-electron chi connectivity index (χ1n) is 12.0. The first kappa shape index (κ1) is 26.0. The van der Waals surface area contributed by atoms with Gasteiger partial charge >= 0.3 is 0 Å². The highest BCUT2D eigenvalue weighted by Gasteiger charge is 2.22. The Bertz CT molecular complexity index is 1450. The summed E-state index contributed by atoms with van der Waals surface area (Å²) in [5.41, 5.74) is 7.75. The van der Waals surface area contributed by atoms with E-state index in [1.54, 1.807) is 7.11 Å². The summed E-state index contributed by atoms with van der Waals surface area (Å²) >= 11 is 1.29. The van der Waals surface area contributed by atoms with Gasteiger partial charge in [-0.2, -0.15) is 5.26 Å². The minimum absolute atomic E-state index is 0.139. The van der Waals surface area contributed by atoms with Crippen molar-refractivity contribution in [1.82, 2.24) is 4.98 Å². The molecule has 37 heavy (non-hydrogen) atoms. The minimum Gasteiger partial charge on any atom is -0.497 e. The lowest BCUT2D eigenvalue weighted by Gasteiger charge is -2.17. The summed E-state index contributed by atoms with van der Waals surface area (Å²) in [6.07, 6.45) is 0. The third-order valence-corrected chi connectivity index (χ3v) is 7.32. The van der Waals surface area contributed by atoms with Gasteiger partial charge in [-0.05, 0) is 62.6 Å². The molecule has 1 aromatic heterocycles. The largest absolute Gasteiger partial charge is 0.497 e. The quantitative estimate of drug-likeness (QED) is 0.265. The van der Waals surface area contributed by atoms with Crippen LogP contribution in [0.15, 0.2) is 77.8 Å². The molecule has 0 bridgehead atoms. The SMILES string of the molecule is COc1ccc(-c2cc(-c3ccc(C)cc3)nc(SC(C)C(=O)Nc3c(C)cccc3C)c2C#N)cc1. The Labute approximate surface area is 222 Å². The van der Waals surface area contributed by atoms with Crippen LogP contribution in [0.1, 0.15) is 29.2 Å². The van der Waals surface area contributed by atoms with Crippen molar-refractivity contribution in [2.45, 2.75) is 38.0 Å². The Kier molecular flexibility index (Phi) is 7.95. The van der Waals surface area contributed by atoms with E-state index in [4.69, 9.17) is 9.72 Å². The molecule has 6 heteroatoms. The number of rotatable bonds is 7. The molecule has 0 aliphatic carbocycles.